The van der Waals surface area contributed by atoms with Crippen molar-refractivity contribution in [2.45, 2.75) is 25.9 Å². The van der Waals surface area contributed by atoms with Crippen LogP contribution >= 0.6 is 0 Å². The summed E-state index contributed by atoms with van der Waals surface area (Å²) in [6, 6.07) is 13.4. The molecule has 5 heterocycles. The van der Waals surface area contributed by atoms with Crippen molar-refractivity contribution >= 4 is 22.6 Å². The lowest BCUT2D eigenvalue weighted by Crippen LogP contribution is -2.59. The summed E-state index contributed by atoms with van der Waals surface area (Å²) in [5.41, 5.74) is 10.2. The van der Waals surface area contributed by atoms with Gasteiger partial charge in [0.15, 0.2) is 0 Å². The Balaban J connectivity index is 1.13. The van der Waals surface area contributed by atoms with Gasteiger partial charge in [0.05, 0.1) is 5.56 Å². The molecule has 8 nitrogen and oxygen atoms in total. The van der Waals surface area contributed by atoms with E-state index in [0.29, 0.717) is 12.0 Å². The second-order valence-electron chi connectivity index (χ2n) is 10.2. The van der Waals surface area contributed by atoms with Crippen LogP contribution in [0.15, 0.2) is 67.3 Å². The van der Waals surface area contributed by atoms with Crippen molar-refractivity contribution in [3.63, 3.8) is 0 Å². The van der Waals surface area contributed by atoms with Gasteiger partial charge in [-0.05, 0) is 59.7 Å². The lowest BCUT2D eigenvalue weighted by molar-refractivity contribution is -0.0240. The smallest absolute Gasteiger partial charge is 0.252 e. The molecule has 2 aliphatic heterocycles. The van der Waals surface area contributed by atoms with Crippen LogP contribution < -0.4 is 10.6 Å². The maximum absolute atomic E-state index is 11.4. The molecule has 1 amide bonds. The van der Waals surface area contributed by atoms with Crippen molar-refractivity contribution in [1.82, 2.24) is 19.4 Å². The molecule has 2 aliphatic rings. The second-order valence-corrected chi connectivity index (χ2v) is 10.2. The predicted molar refractivity (Wildman–Crippen MR) is 139 cm³/mol. The zero-order valence-electron chi connectivity index (χ0n) is 20.2. The van der Waals surface area contributed by atoms with Gasteiger partial charge in [0.1, 0.15) is 11.4 Å². The number of rotatable bonds is 6. The number of anilines is 1. The van der Waals surface area contributed by atoms with E-state index in [1.54, 1.807) is 12.1 Å². The molecule has 1 spiro atoms. The molecule has 3 N–H and O–H groups in total. The van der Waals surface area contributed by atoms with Gasteiger partial charge in [0.2, 0.25) is 0 Å². The summed E-state index contributed by atoms with van der Waals surface area (Å²) in [5.74, 6) is -0.731. The molecular formula is C28H30N6O2. The SMILES string of the molecule is NC(=O)c1ccc(Cn2ccc3c(N4CCC5(CC4)CN(Cc4cccnc4)C5)ccnc32)cc1O. The number of hydrogen-bond donors (Lipinski definition) is 2. The van der Waals surface area contributed by atoms with E-state index in [9.17, 15) is 9.90 Å². The van der Waals surface area contributed by atoms with E-state index >= 15 is 0 Å². The number of nitrogens with zero attached hydrogens (tertiary/aromatic N) is 5. The Morgan fingerprint density at radius 2 is 1.86 bits per heavy atom. The van der Waals surface area contributed by atoms with Crippen molar-refractivity contribution < 1.29 is 9.90 Å². The van der Waals surface area contributed by atoms with Crippen molar-refractivity contribution in [3.8, 4) is 5.75 Å². The number of benzene rings is 1. The highest BCUT2D eigenvalue weighted by Crippen LogP contribution is 2.42. The van der Waals surface area contributed by atoms with Crippen molar-refractivity contribution in [2.75, 3.05) is 31.1 Å². The average Bonchev–Trinajstić information content (AvgIpc) is 3.27. The highest BCUT2D eigenvalue weighted by molar-refractivity contribution is 5.95. The molecular weight excluding hydrogens is 452 g/mol. The molecule has 3 aromatic heterocycles. The van der Waals surface area contributed by atoms with Crippen LogP contribution in [0.2, 0.25) is 0 Å². The summed E-state index contributed by atoms with van der Waals surface area (Å²) < 4.78 is 2.07. The summed E-state index contributed by atoms with van der Waals surface area (Å²) in [7, 11) is 0. The van der Waals surface area contributed by atoms with Gasteiger partial charge < -0.3 is 20.3 Å². The van der Waals surface area contributed by atoms with Crippen molar-refractivity contribution in [2.24, 2.45) is 11.1 Å². The lowest BCUT2D eigenvalue weighted by Gasteiger charge is -2.54. The van der Waals surface area contributed by atoms with Crippen molar-refractivity contribution in [3.05, 3.63) is 83.9 Å². The fourth-order valence-electron chi connectivity index (χ4n) is 5.86. The number of amides is 1. The number of primary amides is 1. The van der Waals surface area contributed by atoms with E-state index in [2.05, 4.69) is 42.5 Å². The minimum Gasteiger partial charge on any atom is -0.507 e. The van der Waals surface area contributed by atoms with Gasteiger partial charge in [-0.1, -0.05) is 12.1 Å². The number of fused-ring (bicyclic) bond motifs is 1. The quantitative estimate of drug-likeness (QED) is 0.437. The van der Waals surface area contributed by atoms with Crippen LogP contribution in [0.5, 0.6) is 5.75 Å². The Hall–Kier alpha value is -3.91. The van der Waals surface area contributed by atoms with Gasteiger partial charge in [-0.15, -0.1) is 0 Å². The second kappa shape index (κ2) is 8.95. The lowest BCUT2D eigenvalue weighted by atomic mass is 9.72. The number of hydrogen-bond acceptors (Lipinski definition) is 6. The molecule has 2 fully saturated rings. The molecule has 4 aromatic rings. The molecule has 0 aliphatic carbocycles. The van der Waals surface area contributed by atoms with Crippen LogP contribution in [0, 0.1) is 5.41 Å². The topological polar surface area (TPSA) is 101 Å². The largest absolute Gasteiger partial charge is 0.507 e. The highest BCUT2D eigenvalue weighted by Gasteiger charge is 2.44. The van der Waals surface area contributed by atoms with E-state index in [1.807, 2.05) is 36.9 Å². The van der Waals surface area contributed by atoms with Gasteiger partial charge >= 0.3 is 0 Å². The number of pyridine rings is 2. The van der Waals surface area contributed by atoms with Gasteiger partial charge in [-0.3, -0.25) is 14.7 Å². The van der Waals surface area contributed by atoms with Gasteiger partial charge in [0.25, 0.3) is 5.91 Å². The first-order valence-electron chi connectivity index (χ1n) is 12.4. The molecule has 1 aromatic carbocycles. The third-order valence-corrected chi connectivity index (χ3v) is 7.73. The molecule has 2 saturated heterocycles. The number of aromatic nitrogens is 3. The first kappa shape index (κ1) is 22.5. The maximum atomic E-state index is 11.4. The van der Waals surface area contributed by atoms with Gasteiger partial charge in [-0.2, -0.15) is 0 Å². The summed E-state index contributed by atoms with van der Waals surface area (Å²) in [6.07, 6.45) is 10.1. The molecule has 0 saturated carbocycles. The minimum atomic E-state index is -0.636. The average molecular weight is 483 g/mol. The molecule has 8 heteroatoms. The molecule has 0 atom stereocenters. The third kappa shape index (κ3) is 4.18. The summed E-state index contributed by atoms with van der Waals surface area (Å²) >= 11 is 0. The number of carbonyl (C=O) groups is 1. The Morgan fingerprint density at radius 3 is 2.58 bits per heavy atom. The fourth-order valence-corrected chi connectivity index (χ4v) is 5.86. The van der Waals surface area contributed by atoms with Crippen LogP contribution in [0.25, 0.3) is 11.0 Å². The number of phenols is 1. The van der Waals surface area contributed by atoms with E-state index in [4.69, 9.17) is 5.73 Å². The van der Waals surface area contributed by atoms with Crippen LogP contribution in [-0.2, 0) is 13.1 Å². The number of nitrogens with two attached hydrogens (primary N) is 1. The first-order chi connectivity index (χ1) is 17.5. The number of carbonyl (C=O) groups excluding carboxylic acids is 1. The Morgan fingerprint density at radius 1 is 1.03 bits per heavy atom. The molecule has 0 radical (unpaired) electrons. The number of piperidine rings is 1. The standard InChI is InChI=1S/C28H30N6O2/c29-26(36)23-4-3-20(14-25(23)35)17-34-11-6-22-24(5-10-31-27(22)34)33-12-7-28(8-13-33)18-32(19-28)16-21-2-1-9-30-15-21/h1-6,9-11,14-15,35H,7-8,12-13,16-19H2,(H2,29,36). The van der Waals surface area contributed by atoms with Crippen LogP contribution in [0.1, 0.15) is 34.3 Å². The minimum absolute atomic E-state index is 0.0950. The molecule has 36 heavy (non-hydrogen) atoms. The zero-order chi connectivity index (χ0) is 24.7. The first-order valence-corrected chi connectivity index (χ1v) is 12.4. The highest BCUT2D eigenvalue weighted by atomic mass is 16.3. The third-order valence-electron chi connectivity index (χ3n) is 7.73. The predicted octanol–water partition coefficient (Wildman–Crippen LogP) is 3.39. The maximum Gasteiger partial charge on any atom is 0.252 e. The Bertz CT molecular complexity index is 1400. The van der Waals surface area contributed by atoms with E-state index < -0.39 is 5.91 Å². The molecule has 0 unspecified atom stereocenters. The van der Waals surface area contributed by atoms with Crippen molar-refractivity contribution in [1.29, 1.82) is 0 Å². The molecule has 0 bridgehead atoms. The summed E-state index contributed by atoms with van der Waals surface area (Å²) in [6.45, 7) is 5.96. The van der Waals surface area contributed by atoms with Gasteiger partial charge in [-0.25, -0.2) is 4.98 Å². The van der Waals surface area contributed by atoms with Crippen LogP contribution in [0.3, 0.4) is 0 Å². The van der Waals surface area contributed by atoms with E-state index in [1.165, 1.54) is 37.2 Å². The zero-order valence-corrected chi connectivity index (χ0v) is 20.2. The molecule has 6 rings (SSSR count). The monoisotopic (exact) mass is 482 g/mol. The normalized spacial score (nSPS) is 17.4. The van der Waals surface area contributed by atoms with Crippen LogP contribution in [0.4, 0.5) is 5.69 Å². The molecule has 184 valence electrons. The van der Waals surface area contributed by atoms with E-state index in [-0.39, 0.29) is 11.3 Å². The van der Waals surface area contributed by atoms with E-state index in [0.717, 1.165) is 36.2 Å². The van der Waals surface area contributed by atoms with Gasteiger partial charge in [0, 0.05) is 75.1 Å². The van der Waals surface area contributed by atoms with Crippen LogP contribution in [-0.4, -0.2) is 56.6 Å². The number of aromatic hydroxyl groups is 1. The Kier molecular flexibility index (Phi) is 5.60. The summed E-state index contributed by atoms with van der Waals surface area (Å²) in [5, 5.41) is 11.3. The Labute approximate surface area is 210 Å². The number of likely N-dealkylation sites (tertiary alicyclic amines) is 1. The fraction of sp³-hybridized carbons (Fsp3) is 0.321. The summed E-state index contributed by atoms with van der Waals surface area (Å²) in [4.78, 5) is 25.3.